The molecule has 19 heavy (non-hydrogen) atoms. The van der Waals surface area contributed by atoms with E-state index in [-0.39, 0.29) is 12.1 Å². The Hall–Kier alpha value is -2.83. The van der Waals surface area contributed by atoms with Gasteiger partial charge < -0.3 is 5.11 Å². The lowest BCUT2D eigenvalue weighted by molar-refractivity contribution is 0.0694. The molecule has 7 heteroatoms. The highest BCUT2D eigenvalue weighted by atomic mass is 16.4. The minimum Gasteiger partial charge on any atom is -0.478 e. The maximum Gasteiger partial charge on any atom is 0.339 e. The lowest BCUT2D eigenvalue weighted by Gasteiger charge is -2.04. The fourth-order valence-corrected chi connectivity index (χ4v) is 1.84. The van der Waals surface area contributed by atoms with Crippen LogP contribution in [0.4, 0.5) is 0 Å². The minimum atomic E-state index is -1.06. The van der Waals surface area contributed by atoms with Crippen LogP contribution in [0.3, 0.4) is 0 Å². The van der Waals surface area contributed by atoms with Gasteiger partial charge in [-0.1, -0.05) is 17.3 Å². The smallest absolute Gasteiger partial charge is 0.339 e. The third kappa shape index (κ3) is 2.01. The van der Waals surface area contributed by atoms with Crippen LogP contribution in [-0.4, -0.2) is 36.0 Å². The normalized spacial score (nSPS) is 10.7. The molecule has 3 aromatic rings. The summed E-state index contributed by atoms with van der Waals surface area (Å²) in [4.78, 5) is 18.8. The highest BCUT2D eigenvalue weighted by Gasteiger charge is 2.13. The van der Waals surface area contributed by atoms with Crippen molar-refractivity contribution in [3.63, 3.8) is 0 Å². The summed E-state index contributed by atoms with van der Waals surface area (Å²) in [6.07, 6.45) is 2.60. The summed E-state index contributed by atoms with van der Waals surface area (Å²) < 4.78 is 1.62. The van der Waals surface area contributed by atoms with Crippen molar-refractivity contribution in [2.45, 2.75) is 6.54 Å². The molecule has 0 fully saturated rings. The number of rotatable bonds is 3. The van der Waals surface area contributed by atoms with Crippen LogP contribution in [0.2, 0.25) is 0 Å². The number of aromatic carboxylic acids is 1. The number of benzene rings is 1. The zero-order valence-electron chi connectivity index (χ0n) is 9.76. The molecular weight excluding hydrogens is 246 g/mol. The van der Waals surface area contributed by atoms with Gasteiger partial charge in [0.2, 0.25) is 0 Å². The van der Waals surface area contributed by atoms with Crippen molar-refractivity contribution in [2.75, 3.05) is 0 Å². The number of hydrogen-bond acceptors (Lipinski definition) is 5. The molecule has 0 amide bonds. The Morgan fingerprint density at radius 1 is 1.32 bits per heavy atom. The maximum absolute atomic E-state index is 11.1. The third-order valence-electron chi connectivity index (χ3n) is 2.74. The molecule has 1 N–H and O–H groups in total. The van der Waals surface area contributed by atoms with Crippen molar-refractivity contribution in [3.8, 4) is 0 Å². The predicted octanol–water partition coefficient (Wildman–Crippen LogP) is 0.968. The van der Waals surface area contributed by atoms with Gasteiger partial charge in [0.25, 0.3) is 0 Å². The van der Waals surface area contributed by atoms with Gasteiger partial charge in [-0.3, -0.25) is 0 Å². The Bertz CT molecular complexity index is 752. The SMILES string of the molecule is O=C(O)c1cncnc1Cn1nnc2ccccc21. The number of carboxylic acid groups (broad SMARTS) is 1. The molecule has 0 saturated carbocycles. The summed E-state index contributed by atoms with van der Waals surface area (Å²) in [7, 11) is 0. The van der Waals surface area contributed by atoms with Gasteiger partial charge in [0.05, 0.1) is 17.8 Å². The second kappa shape index (κ2) is 4.45. The molecule has 0 radical (unpaired) electrons. The molecule has 1 aromatic carbocycles. The van der Waals surface area contributed by atoms with Gasteiger partial charge in [0, 0.05) is 6.20 Å². The van der Waals surface area contributed by atoms with Crippen LogP contribution in [0.25, 0.3) is 11.0 Å². The molecule has 7 nitrogen and oxygen atoms in total. The van der Waals surface area contributed by atoms with Crippen LogP contribution in [0.15, 0.2) is 36.8 Å². The summed E-state index contributed by atoms with van der Waals surface area (Å²) in [6.45, 7) is 0.241. The highest BCUT2D eigenvalue weighted by Crippen LogP contribution is 2.12. The molecule has 0 aliphatic carbocycles. The van der Waals surface area contributed by atoms with Crippen LogP contribution >= 0.6 is 0 Å². The van der Waals surface area contributed by atoms with Gasteiger partial charge in [-0.05, 0) is 12.1 Å². The van der Waals surface area contributed by atoms with Gasteiger partial charge in [0.15, 0.2) is 0 Å². The average molecular weight is 255 g/mol. The summed E-state index contributed by atoms with van der Waals surface area (Å²) in [5, 5.41) is 17.1. The van der Waals surface area contributed by atoms with E-state index in [1.165, 1.54) is 12.5 Å². The van der Waals surface area contributed by atoms with Crippen molar-refractivity contribution < 1.29 is 9.90 Å². The first-order chi connectivity index (χ1) is 9.25. The molecule has 2 aromatic heterocycles. The first kappa shape index (κ1) is 11.3. The Kier molecular flexibility index (Phi) is 2.64. The summed E-state index contributed by atoms with van der Waals surface area (Å²) in [6, 6.07) is 7.46. The van der Waals surface area contributed by atoms with E-state index in [2.05, 4.69) is 20.3 Å². The van der Waals surface area contributed by atoms with Crippen LogP contribution in [0, 0.1) is 0 Å². The van der Waals surface area contributed by atoms with Crippen molar-refractivity contribution in [3.05, 3.63) is 48.0 Å². The molecule has 0 aliphatic rings. The Morgan fingerprint density at radius 2 is 2.16 bits per heavy atom. The van der Waals surface area contributed by atoms with E-state index in [4.69, 9.17) is 5.11 Å². The van der Waals surface area contributed by atoms with Gasteiger partial charge in [-0.25, -0.2) is 19.4 Å². The van der Waals surface area contributed by atoms with Gasteiger partial charge in [-0.15, -0.1) is 5.10 Å². The fraction of sp³-hybridized carbons (Fsp3) is 0.0833. The Morgan fingerprint density at radius 3 is 3.00 bits per heavy atom. The minimum absolute atomic E-state index is 0.0714. The Balaban J connectivity index is 2.04. The molecule has 0 bridgehead atoms. The number of fused-ring (bicyclic) bond motifs is 1. The lowest BCUT2D eigenvalue weighted by Crippen LogP contribution is -2.11. The van der Waals surface area contributed by atoms with E-state index < -0.39 is 5.97 Å². The first-order valence-corrected chi connectivity index (χ1v) is 5.56. The van der Waals surface area contributed by atoms with E-state index in [1.807, 2.05) is 24.3 Å². The van der Waals surface area contributed by atoms with Gasteiger partial charge in [-0.2, -0.15) is 0 Å². The quantitative estimate of drug-likeness (QED) is 0.749. The largest absolute Gasteiger partial charge is 0.478 e. The van der Waals surface area contributed by atoms with Crippen LogP contribution < -0.4 is 0 Å². The van der Waals surface area contributed by atoms with Gasteiger partial charge >= 0.3 is 5.97 Å². The van der Waals surface area contributed by atoms with E-state index in [0.29, 0.717) is 5.69 Å². The van der Waals surface area contributed by atoms with Crippen LogP contribution in [-0.2, 0) is 6.54 Å². The monoisotopic (exact) mass is 255 g/mol. The molecule has 3 rings (SSSR count). The maximum atomic E-state index is 11.1. The van der Waals surface area contributed by atoms with E-state index in [0.717, 1.165) is 11.0 Å². The highest BCUT2D eigenvalue weighted by molar-refractivity contribution is 5.88. The van der Waals surface area contributed by atoms with E-state index in [1.54, 1.807) is 4.68 Å². The molecule has 94 valence electrons. The van der Waals surface area contributed by atoms with E-state index >= 15 is 0 Å². The number of carboxylic acids is 1. The molecule has 0 atom stereocenters. The topological polar surface area (TPSA) is 93.8 Å². The molecule has 2 heterocycles. The number of nitrogens with zero attached hydrogens (tertiary/aromatic N) is 5. The van der Waals surface area contributed by atoms with Crippen LogP contribution in [0.1, 0.15) is 16.1 Å². The average Bonchev–Trinajstić information content (AvgIpc) is 2.83. The molecule has 0 unspecified atom stereocenters. The van der Waals surface area contributed by atoms with E-state index in [9.17, 15) is 4.79 Å². The molecular formula is C12H9N5O2. The third-order valence-corrected chi connectivity index (χ3v) is 2.74. The second-order valence-electron chi connectivity index (χ2n) is 3.92. The number of aromatic nitrogens is 5. The number of carbonyl (C=O) groups is 1. The summed E-state index contributed by atoms with van der Waals surface area (Å²) in [5.41, 5.74) is 2.06. The predicted molar refractivity (Wildman–Crippen MR) is 65.6 cm³/mol. The number of para-hydroxylation sites is 1. The fourth-order valence-electron chi connectivity index (χ4n) is 1.84. The summed E-state index contributed by atoms with van der Waals surface area (Å²) >= 11 is 0. The zero-order chi connectivity index (χ0) is 13.2. The van der Waals surface area contributed by atoms with Crippen molar-refractivity contribution in [1.29, 1.82) is 0 Å². The first-order valence-electron chi connectivity index (χ1n) is 5.56. The standard InChI is InChI=1S/C12H9N5O2/c18-12(19)8-5-13-7-14-10(8)6-17-11-4-2-1-3-9(11)15-16-17/h1-5,7H,6H2,(H,18,19). The lowest BCUT2D eigenvalue weighted by atomic mass is 10.2. The molecule has 0 spiro atoms. The zero-order valence-corrected chi connectivity index (χ0v) is 9.76. The van der Waals surface area contributed by atoms with Crippen molar-refractivity contribution in [1.82, 2.24) is 25.0 Å². The van der Waals surface area contributed by atoms with Gasteiger partial charge in [0.1, 0.15) is 17.4 Å². The Labute approximate surface area is 107 Å². The van der Waals surface area contributed by atoms with Crippen molar-refractivity contribution in [2.24, 2.45) is 0 Å². The molecule has 0 saturated heterocycles. The number of hydrogen-bond donors (Lipinski definition) is 1. The summed E-state index contributed by atoms with van der Waals surface area (Å²) in [5.74, 6) is -1.06. The van der Waals surface area contributed by atoms with Crippen molar-refractivity contribution >= 4 is 17.0 Å². The molecule has 0 aliphatic heterocycles. The van der Waals surface area contributed by atoms with Crippen LogP contribution in [0.5, 0.6) is 0 Å². The second-order valence-corrected chi connectivity index (χ2v) is 3.92.